The third-order valence-electron chi connectivity index (χ3n) is 5.72. The van der Waals surface area contributed by atoms with Gasteiger partial charge in [-0.3, -0.25) is 9.59 Å². The first kappa shape index (κ1) is 28.5. The Balaban J connectivity index is 2.28. The van der Waals surface area contributed by atoms with Gasteiger partial charge in [-0.15, -0.1) is 0 Å². The average Bonchev–Trinajstić information content (AvgIpc) is 2.78. The molecule has 8 heteroatoms. The summed E-state index contributed by atoms with van der Waals surface area (Å²) < 4.78 is 6.63. The fourth-order valence-corrected chi connectivity index (χ4v) is 4.39. The maximum Gasteiger partial charge on any atom is 0.261 e. The Morgan fingerprint density at radius 2 is 1.76 bits per heavy atom. The van der Waals surface area contributed by atoms with Crippen LogP contribution in [0, 0.1) is 0 Å². The third-order valence-corrected chi connectivity index (χ3v) is 6.92. The molecule has 0 unspecified atom stereocenters. The summed E-state index contributed by atoms with van der Waals surface area (Å²) in [5.41, 5.74) is 1.87. The van der Waals surface area contributed by atoms with E-state index in [1.54, 1.807) is 18.2 Å². The van der Waals surface area contributed by atoms with E-state index in [4.69, 9.17) is 27.9 Å². The number of ether oxygens (including phenoxy) is 1. The lowest BCUT2D eigenvalue weighted by Crippen LogP contribution is -2.51. The van der Waals surface area contributed by atoms with Crippen LogP contribution in [-0.4, -0.2) is 35.4 Å². The van der Waals surface area contributed by atoms with Gasteiger partial charge in [0.2, 0.25) is 5.91 Å². The SMILES string of the molecule is CC[C@H](C(=O)N[C@@H](C)CC)N(Cc1ccc(Cl)cc1Cl)C(=O)COc1ccc(C(C)C)cc1Br. The highest BCUT2D eigenvalue weighted by molar-refractivity contribution is 9.10. The van der Waals surface area contributed by atoms with Crippen LogP contribution in [0.3, 0.4) is 0 Å². The van der Waals surface area contributed by atoms with Gasteiger partial charge in [-0.1, -0.05) is 63.0 Å². The van der Waals surface area contributed by atoms with E-state index in [0.717, 1.165) is 16.5 Å². The summed E-state index contributed by atoms with van der Waals surface area (Å²) in [4.78, 5) is 28.0. The van der Waals surface area contributed by atoms with Crippen LogP contribution in [0.15, 0.2) is 40.9 Å². The highest BCUT2D eigenvalue weighted by Crippen LogP contribution is 2.29. The largest absolute Gasteiger partial charge is 0.483 e. The predicted octanol–water partition coefficient (Wildman–Crippen LogP) is 6.98. The number of halogens is 3. The molecule has 0 saturated carbocycles. The zero-order valence-electron chi connectivity index (χ0n) is 20.3. The molecule has 1 N–H and O–H groups in total. The van der Waals surface area contributed by atoms with Crippen molar-refractivity contribution >= 4 is 50.9 Å². The normalized spacial score (nSPS) is 12.9. The number of carbonyl (C=O) groups excluding carboxylic acids is 2. The smallest absolute Gasteiger partial charge is 0.261 e. The minimum Gasteiger partial charge on any atom is -0.483 e. The summed E-state index contributed by atoms with van der Waals surface area (Å²) >= 11 is 16.0. The molecular weight excluding hydrogens is 539 g/mol. The second-order valence-electron chi connectivity index (χ2n) is 8.63. The van der Waals surface area contributed by atoms with Crippen LogP contribution < -0.4 is 10.1 Å². The minimum absolute atomic E-state index is 0.00398. The second-order valence-corrected chi connectivity index (χ2v) is 10.3. The van der Waals surface area contributed by atoms with Crippen LogP contribution in [0.1, 0.15) is 64.5 Å². The number of benzene rings is 2. The van der Waals surface area contributed by atoms with Gasteiger partial charge < -0.3 is 15.0 Å². The zero-order chi connectivity index (χ0) is 25.4. The van der Waals surface area contributed by atoms with Crippen molar-refractivity contribution in [2.24, 2.45) is 0 Å². The number of amides is 2. The molecule has 2 aromatic rings. The lowest BCUT2D eigenvalue weighted by molar-refractivity contribution is -0.143. The maximum absolute atomic E-state index is 13.4. The number of carbonyl (C=O) groups is 2. The first-order valence-electron chi connectivity index (χ1n) is 11.5. The van der Waals surface area contributed by atoms with Crippen molar-refractivity contribution in [3.63, 3.8) is 0 Å². The first-order chi connectivity index (χ1) is 16.1. The first-order valence-corrected chi connectivity index (χ1v) is 13.1. The Morgan fingerprint density at radius 1 is 1.06 bits per heavy atom. The summed E-state index contributed by atoms with van der Waals surface area (Å²) in [6.07, 6.45) is 1.24. The molecule has 0 bridgehead atoms. The molecule has 5 nitrogen and oxygen atoms in total. The summed E-state index contributed by atoms with van der Waals surface area (Å²) in [7, 11) is 0. The fourth-order valence-electron chi connectivity index (χ4n) is 3.41. The van der Waals surface area contributed by atoms with E-state index in [2.05, 4.69) is 35.1 Å². The van der Waals surface area contributed by atoms with Gasteiger partial charge in [0.1, 0.15) is 11.8 Å². The van der Waals surface area contributed by atoms with Crippen LogP contribution in [0.5, 0.6) is 5.75 Å². The van der Waals surface area contributed by atoms with Crippen LogP contribution in [0.25, 0.3) is 0 Å². The van der Waals surface area contributed by atoms with Crippen LogP contribution >= 0.6 is 39.1 Å². The van der Waals surface area contributed by atoms with E-state index in [0.29, 0.717) is 33.7 Å². The van der Waals surface area contributed by atoms with Gasteiger partial charge >= 0.3 is 0 Å². The van der Waals surface area contributed by atoms with E-state index in [9.17, 15) is 9.59 Å². The number of hydrogen-bond acceptors (Lipinski definition) is 3. The molecule has 186 valence electrons. The molecule has 0 aliphatic carbocycles. The molecule has 2 atom stereocenters. The highest BCUT2D eigenvalue weighted by Gasteiger charge is 2.30. The predicted molar refractivity (Wildman–Crippen MR) is 143 cm³/mol. The van der Waals surface area contributed by atoms with E-state index >= 15 is 0 Å². The van der Waals surface area contributed by atoms with Crippen molar-refractivity contribution in [2.45, 2.75) is 72.0 Å². The molecule has 2 aromatic carbocycles. The third kappa shape index (κ3) is 7.89. The van der Waals surface area contributed by atoms with Crippen molar-refractivity contribution in [2.75, 3.05) is 6.61 Å². The minimum atomic E-state index is -0.663. The Kier molecular flexibility index (Phi) is 11.2. The zero-order valence-corrected chi connectivity index (χ0v) is 23.4. The molecule has 0 saturated heterocycles. The van der Waals surface area contributed by atoms with E-state index in [1.165, 1.54) is 4.90 Å². The molecule has 0 aliphatic rings. The summed E-state index contributed by atoms with van der Waals surface area (Å²) in [6.45, 7) is 10.00. The Bertz CT molecular complexity index is 1000. The number of hydrogen-bond donors (Lipinski definition) is 1. The molecule has 2 amide bonds. The maximum atomic E-state index is 13.4. The molecule has 0 aromatic heterocycles. The van der Waals surface area contributed by atoms with Gasteiger partial charge in [0.15, 0.2) is 6.61 Å². The average molecular weight is 572 g/mol. The van der Waals surface area contributed by atoms with Crippen LogP contribution in [-0.2, 0) is 16.1 Å². The standard InChI is InChI=1S/C26H33BrCl2N2O3/c1-6-17(5)30-26(33)23(7-2)31(14-19-8-10-20(28)13-22(19)29)25(32)15-34-24-11-9-18(16(3)4)12-21(24)27/h8-13,16-17,23H,6-7,14-15H2,1-5H3,(H,30,33)/t17-,23+/m0/s1. The topological polar surface area (TPSA) is 58.6 Å². The highest BCUT2D eigenvalue weighted by atomic mass is 79.9. The Hall–Kier alpha value is -1.76. The van der Waals surface area contributed by atoms with Gasteiger partial charge in [0, 0.05) is 22.6 Å². The second kappa shape index (κ2) is 13.4. The Morgan fingerprint density at radius 3 is 2.32 bits per heavy atom. The molecule has 0 heterocycles. The van der Waals surface area contributed by atoms with Crippen LogP contribution in [0.4, 0.5) is 0 Å². The monoisotopic (exact) mass is 570 g/mol. The van der Waals surface area contributed by atoms with Gasteiger partial charge in [0.05, 0.1) is 4.47 Å². The molecule has 0 spiro atoms. The van der Waals surface area contributed by atoms with Crippen molar-refractivity contribution < 1.29 is 14.3 Å². The number of nitrogens with one attached hydrogen (secondary N) is 1. The lowest BCUT2D eigenvalue weighted by Gasteiger charge is -2.31. The van der Waals surface area contributed by atoms with Crippen molar-refractivity contribution in [1.82, 2.24) is 10.2 Å². The van der Waals surface area contributed by atoms with Crippen molar-refractivity contribution in [3.8, 4) is 5.75 Å². The van der Waals surface area contributed by atoms with E-state index in [1.807, 2.05) is 39.0 Å². The molecular formula is C26H33BrCl2N2O3. The summed E-state index contributed by atoms with van der Waals surface area (Å²) in [6, 6.07) is 10.3. The van der Waals surface area contributed by atoms with Gasteiger partial charge in [-0.2, -0.15) is 0 Å². The number of rotatable bonds is 11. The summed E-state index contributed by atoms with van der Waals surface area (Å²) in [5.74, 6) is 0.440. The lowest BCUT2D eigenvalue weighted by atomic mass is 10.0. The van der Waals surface area contributed by atoms with Crippen LogP contribution in [0.2, 0.25) is 10.0 Å². The van der Waals surface area contributed by atoms with E-state index < -0.39 is 6.04 Å². The van der Waals surface area contributed by atoms with Gasteiger partial charge in [-0.25, -0.2) is 0 Å². The molecule has 0 radical (unpaired) electrons. The van der Waals surface area contributed by atoms with E-state index in [-0.39, 0.29) is 31.0 Å². The Labute approximate surface area is 221 Å². The fraction of sp³-hybridized carbons (Fsp3) is 0.462. The molecule has 2 rings (SSSR count). The molecule has 0 fully saturated rings. The molecule has 34 heavy (non-hydrogen) atoms. The van der Waals surface area contributed by atoms with Crippen molar-refractivity contribution in [1.29, 1.82) is 0 Å². The number of nitrogens with zero attached hydrogens (tertiary/aromatic N) is 1. The summed E-state index contributed by atoms with van der Waals surface area (Å²) in [5, 5.41) is 3.94. The van der Waals surface area contributed by atoms with Crippen molar-refractivity contribution in [3.05, 3.63) is 62.0 Å². The molecule has 0 aliphatic heterocycles. The quantitative estimate of drug-likeness (QED) is 0.316. The van der Waals surface area contributed by atoms with Gasteiger partial charge in [0.25, 0.3) is 5.91 Å². The van der Waals surface area contributed by atoms with Gasteiger partial charge in [-0.05, 0) is 77.0 Å².